The fraction of sp³-hybridized carbons (Fsp3) is 0.321. The van der Waals surface area contributed by atoms with E-state index in [-0.39, 0.29) is 17.7 Å². The number of aromatic nitrogens is 5. The van der Waals surface area contributed by atoms with E-state index in [2.05, 4.69) is 56.7 Å². The molecule has 0 aliphatic rings. The maximum atomic E-state index is 12.8. The highest BCUT2D eigenvalue weighted by Crippen LogP contribution is 2.28. The lowest BCUT2D eigenvalue weighted by molar-refractivity contribution is 0.0953. The Balaban J connectivity index is 1.23. The van der Waals surface area contributed by atoms with Crippen molar-refractivity contribution in [1.82, 2.24) is 29.8 Å². The smallest absolute Gasteiger partial charge is 0.251 e. The molecule has 1 amide bonds. The summed E-state index contributed by atoms with van der Waals surface area (Å²) in [5.41, 5.74) is 3.00. The Morgan fingerprint density at radius 3 is 2.75 bits per heavy atom. The minimum absolute atomic E-state index is 0.211. The lowest BCUT2D eigenvalue weighted by Gasteiger charge is -2.12. The van der Waals surface area contributed by atoms with E-state index in [1.807, 2.05) is 21.4 Å². The molecule has 0 radical (unpaired) electrons. The summed E-state index contributed by atoms with van der Waals surface area (Å²) < 4.78 is 2.01. The molecular weight excluding hydrogens is 528 g/mol. The summed E-state index contributed by atoms with van der Waals surface area (Å²) in [5, 5.41) is 23.9. The second kappa shape index (κ2) is 11.7. The first-order valence-corrected chi connectivity index (χ1v) is 14.2. The maximum Gasteiger partial charge on any atom is 0.251 e. The summed E-state index contributed by atoms with van der Waals surface area (Å²) in [7, 11) is 0. The number of pyridine rings is 1. The zero-order valence-electron chi connectivity index (χ0n) is 22.6. The summed E-state index contributed by atoms with van der Waals surface area (Å²) >= 11 is 1.46. The SMILES string of the molecule is CCCNc1nc(NCCCNC(=O)c2ccc3c(=O)c(O)c(-c4ccsc4)[nH]c3c2)nc2c1ncn2C(C)C. The Morgan fingerprint density at radius 2 is 2.00 bits per heavy atom. The van der Waals surface area contributed by atoms with Crippen molar-refractivity contribution < 1.29 is 9.90 Å². The second-order valence-corrected chi connectivity index (χ2v) is 10.5. The number of rotatable bonds is 11. The molecule has 11 nitrogen and oxygen atoms in total. The first-order valence-electron chi connectivity index (χ1n) is 13.3. The zero-order valence-corrected chi connectivity index (χ0v) is 23.4. The largest absolute Gasteiger partial charge is 0.503 e. The van der Waals surface area contributed by atoms with Gasteiger partial charge in [0.15, 0.2) is 22.7 Å². The van der Waals surface area contributed by atoms with Gasteiger partial charge in [0.05, 0.1) is 17.5 Å². The summed E-state index contributed by atoms with van der Waals surface area (Å²) in [6.45, 7) is 8.03. The molecule has 1 aromatic carbocycles. The highest BCUT2D eigenvalue weighted by Gasteiger charge is 2.16. The Kier molecular flexibility index (Phi) is 7.96. The van der Waals surface area contributed by atoms with Gasteiger partial charge in [-0.1, -0.05) is 6.92 Å². The van der Waals surface area contributed by atoms with Crippen molar-refractivity contribution in [2.75, 3.05) is 30.3 Å². The average molecular weight is 561 g/mol. The summed E-state index contributed by atoms with van der Waals surface area (Å²) in [4.78, 5) is 42.4. The molecule has 0 saturated carbocycles. The molecule has 5 N–H and O–H groups in total. The van der Waals surface area contributed by atoms with Crippen molar-refractivity contribution in [3.05, 3.63) is 57.1 Å². The highest BCUT2D eigenvalue weighted by molar-refractivity contribution is 7.08. The number of carbonyl (C=O) groups excluding carboxylic acids is 1. The third-order valence-electron chi connectivity index (χ3n) is 6.49. The van der Waals surface area contributed by atoms with Gasteiger partial charge in [-0.25, -0.2) is 4.98 Å². The molecular formula is C28H32N8O3S. The third-order valence-corrected chi connectivity index (χ3v) is 7.17. The number of nitrogens with one attached hydrogen (secondary N) is 4. The third kappa shape index (κ3) is 5.48. The Morgan fingerprint density at radius 1 is 1.15 bits per heavy atom. The van der Waals surface area contributed by atoms with Crippen molar-refractivity contribution >= 4 is 51.1 Å². The summed E-state index contributed by atoms with van der Waals surface area (Å²) in [6.07, 6.45) is 3.40. The molecule has 0 spiro atoms. The van der Waals surface area contributed by atoms with E-state index < -0.39 is 5.43 Å². The molecule has 0 bridgehead atoms. The Bertz CT molecular complexity index is 1710. The summed E-state index contributed by atoms with van der Waals surface area (Å²) in [6, 6.07) is 6.80. The predicted octanol–water partition coefficient (Wildman–Crippen LogP) is 4.74. The lowest BCUT2D eigenvalue weighted by Crippen LogP contribution is -2.26. The van der Waals surface area contributed by atoms with Gasteiger partial charge in [-0.05, 0) is 56.3 Å². The summed E-state index contributed by atoms with van der Waals surface area (Å²) in [5.74, 6) is 0.619. The van der Waals surface area contributed by atoms with Crippen LogP contribution in [0, 0.1) is 0 Å². The van der Waals surface area contributed by atoms with Gasteiger partial charge in [-0.3, -0.25) is 9.59 Å². The van der Waals surface area contributed by atoms with Crippen molar-refractivity contribution in [3.63, 3.8) is 0 Å². The fourth-order valence-corrected chi connectivity index (χ4v) is 5.02. The van der Waals surface area contributed by atoms with E-state index in [9.17, 15) is 14.7 Å². The predicted molar refractivity (Wildman–Crippen MR) is 159 cm³/mol. The van der Waals surface area contributed by atoms with Crippen LogP contribution < -0.4 is 21.4 Å². The molecule has 5 rings (SSSR count). The number of benzene rings is 1. The molecule has 0 aliphatic heterocycles. The van der Waals surface area contributed by atoms with E-state index in [1.165, 1.54) is 11.3 Å². The van der Waals surface area contributed by atoms with E-state index in [0.717, 1.165) is 24.1 Å². The zero-order chi connectivity index (χ0) is 28.2. The first kappa shape index (κ1) is 27.1. The van der Waals surface area contributed by atoms with Gasteiger partial charge in [-0.2, -0.15) is 21.3 Å². The van der Waals surface area contributed by atoms with E-state index in [4.69, 9.17) is 0 Å². The number of anilines is 2. The number of amides is 1. The molecule has 4 aromatic heterocycles. The fourth-order valence-electron chi connectivity index (χ4n) is 4.37. The maximum absolute atomic E-state index is 12.8. The van der Waals surface area contributed by atoms with Crippen LogP contribution in [0.5, 0.6) is 5.75 Å². The molecule has 12 heteroatoms. The lowest BCUT2D eigenvalue weighted by atomic mass is 10.1. The van der Waals surface area contributed by atoms with Gasteiger partial charge < -0.3 is 30.6 Å². The standard InChI is InChI=1S/C28H32N8O3S/c1-4-9-29-25-22-26(36(15-32-22)16(2)3)35-28(34-25)31-11-5-10-30-27(39)17-6-7-19-20(13-17)33-21(24(38)23(19)37)18-8-12-40-14-18/h6-8,12-16,38H,4-5,9-11H2,1-3H3,(H,30,39)(H,33,37)(H2,29,31,34,35). The molecule has 0 saturated heterocycles. The number of carbonyl (C=O) groups is 1. The minimum Gasteiger partial charge on any atom is -0.503 e. The van der Waals surface area contributed by atoms with E-state index in [1.54, 1.807) is 24.5 Å². The van der Waals surface area contributed by atoms with Crippen LogP contribution in [0.4, 0.5) is 11.8 Å². The van der Waals surface area contributed by atoms with Gasteiger partial charge in [0.25, 0.3) is 5.91 Å². The number of aromatic hydroxyl groups is 1. The van der Waals surface area contributed by atoms with E-state index in [0.29, 0.717) is 59.0 Å². The van der Waals surface area contributed by atoms with Crippen molar-refractivity contribution in [3.8, 4) is 17.0 Å². The van der Waals surface area contributed by atoms with Crippen molar-refractivity contribution in [2.24, 2.45) is 0 Å². The molecule has 0 atom stereocenters. The van der Waals surface area contributed by atoms with Crippen LogP contribution in [0.3, 0.4) is 0 Å². The van der Waals surface area contributed by atoms with Crippen LogP contribution in [0.2, 0.25) is 0 Å². The quantitative estimate of drug-likeness (QED) is 0.145. The topological polar surface area (TPSA) is 150 Å². The van der Waals surface area contributed by atoms with Gasteiger partial charge in [0.2, 0.25) is 11.4 Å². The minimum atomic E-state index is -0.474. The normalized spacial score (nSPS) is 11.4. The number of thiophene rings is 1. The van der Waals surface area contributed by atoms with Crippen LogP contribution in [0.15, 0.2) is 46.1 Å². The van der Waals surface area contributed by atoms with E-state index >= 15 is 0 Å². The number of hydrogen-bond acceptors (Lipinski definition) is 9. The average Bonchev–Trinajstić information content (AvgIpc) is 3.64. The highest BCUT2D eigenvalue weighted by atomic mass is 32.1. The van der Waals surface area contributed by atoms with Crippen LogP contribution in [-0.2, 0) is 0 Å². The van der Waals surface area contributed by atoms with Crippen LogP contribution in [0.25, 0.3) is 33.3 Å². The number of nitrogens with zero attached hydrogens (tertiary/aromatic N) is 4. The molecule has 0 aliphatic carbocycles. The molecule has 0 fully saturated rings. The first-order chi connectivity index (χ1) is 19.4. The number of fused-ring (bicyclic) bond motifs is 2. The van der Waals surface area contributed by atoms with Crippen LogP contribution in [-0.4, -0.2) is 55.2 Å². The van der Waals surface area contributed by atoms with Gasteiger partial charge in [-0.15, -0.1) is 0 Å². The second-order valence-electron chi connectivity index (χ2n) is 9.73. The van der Waals surface area contributed by atoms with Gasteiger partial charge in [0, 0.05) is 47.6 Å². The van der Waals surface area contributed by atoms with Crippen molar-refractivity contribution in [1.29, 1.82) is 0 Å². The number of H-pyrrole nitrogens is 1. The monoisotopic (exact) mass is 560 g/mol. The van der Waals surface area contributed by atoms with Crippen LogP contribution >= 0.6 is 11.3 Å². The number of hydrogen-bond donors (Lipinski definition) is 5. The van der Waals surface area contributed by atoms with Gasteiger partial charge in [0.1, 0.15) is 0 Å². The molecule has 40 heavy (non-hydrogen) atoms. The molecule has 208 valence electrons. The molecule has 0 unspecified atom stereocenters. The van der Waals surface area contributed by atoms with Crippen LogP contribution in [0.1, 0.15) is 50.0 Å². The Labute approximate surface area is 234 Å². The number of imidazole rings is 1. The molecule has 4 heterocycles. The number of aromatic amines is 1. The van der Waals surface area contributed by atoms with Gasteiger partial charge >= 0.3 is 0 Å². The van der Waals surface area contributed by atoms with Crippen molar-refractivity contribution in [2.45, 2.75) is 39.7 Å². The molecule has 5 aromatic rings. The Hall–Kier alpha value is -4.45.